The van der Waals surface area contributed by atoms with Crippen LogP contribution in [0, 0.1) is 0 Å². The van der Waals surface area contributed by atoms with Crippen molar-refractivity contribution in [2.24, 2.45) is 0 Å². The summed E-state index contributed by atoms with van der Waals surface area (Å²) < 4.78 is 11.5. The standard InChI is InChI=1S/C15H19N3O2S2/c1-4-15(2,13-16-8-9-21-13)18-14(19)17-11-6-5-7-12(10-11)22(3)20/h5-10H,4H2,1-3H3,(H2,17,18,19)/t15-,22+/m0/s1. The largest absolute Gasteiger partial charge is 0.326 e. The Labute approximate surface area is 136 Å². The molecule has 7 heteroatoms. The van der Waals surface area contributed by atoms with Crippen LogP contribution in [0.25, 0.3) is 0 Å². The van der Waals surface area contributed by atoms with Crippen LogP contribution in [0.5, 0.6) is 0 Å². The minimum atomic E-state index is -1.08. The summed E-state index contributed by atoms with van der Waals surface area (Å²) in [5.41, 5.74) is 0.103. The zero-order chi connectivity index (χ0) is 16.2. The Morgan fingerprint density at radius 1 is 1.45 bits per heavy atom. The maximum Gasteiger partial charge on any atom is 0.320 e. The normalized spacial score (nSPS) is 14.9. The number of amides is 2. The predicted molar refractivity (Wildman–Crippen MR) is 90.7 cm³/mol. The number of thiazole rings is 1. The topological polar surface area (TPSA) is 71.1 Å². The van der Waals surface area contributed by atoms with E-state index in [4.69, 9.17) is 0 Å². The molecule has 2 aromatic rings. The van der Waals surface area contributed by atoms with Gasteiger partial charge in [-0.15, -0.1) is 11.3 Å². The quantitative estimate of drug-likeness (QED) is 0.879. The van der Waals surface area contributed by atoms with Crippen molar-refractivity contribution in [1.82, 2.24) is 10.3 Å². The molecule has 1 heterocycles. The second kappa shape index (κ2) is 7.02. The molecular formula is C15H19N3O2S2. The zero-order valence-electron chi connectivity index (χ0n) is 12.8. The number of benzene rings is 1. The Kier molecular flexibility index (Phi) is 5.31. The van der Waals surface area contributed by atoms with Crippen molar-refractivity contribution in [3.63, 3.8) is 0 Å². The van der Waals surface area contributed by atoms with E-state index in [1.54, 1.807) is 36.7 Å². The summed E-state index contributed by atoms with van der Waals surface area (Å²) >= 11 is 1.52. The van der Waals surface area contributed by atoms with Gasteiger partial charge in [-0.3, -0.25) is 4.21 Å². The van der Waals surface area contributed by atoms with Crippen molar-refractivity contribution in [3.8, 4) is 0 Å². The van der Waals surface area contributed by atoms with E-state index in [0.717, 1.165) is 11.4 Å². The van der Waals surface area contributed by atoms with E-state index >= 15 is 0 Å². The maximum atomic E-state index is 12.2. The zero-order valence-corrected chi connectivity index (χ0v) is 14.4. The Morgan fingerprint density at radius 2 is 2.23 bits per heavy atom. The first-order valence-electron chi connectivity index (χ1n) is 6.87. The molecule has 1 aromatic carbocycles. The van der Waals surface area contributed by atoms with Crippen molar-refractivity contribution < 1.29 is 9.00 Å². The number of anilines is 1. The molecule has 2 amide bonds. The van der Waals surface area contributed by atoms with Crippen LogP contribution in [0.4, 0.5) is 10.5 Å². The second-order valence-corrected chi connectivity index (χ2v) is 7.36. The summed E-state index contributed by atoms with van der Waals surface area (Å²) in [4.78, 5) is 17.2. The molecule has 22 heavy (non-hydrogen) atoms. The summed E-state index contributed by atoms with van der Waals surface area (Å²) in [6.45, 7) is 3.95. The lowest BCUT2D eigenvalue weighted by molar-refractivity contribution is 0.238. The predicted octanol–water partition coefficient (Wildman–Crippen LogP) is 3.33. The fourth-order valence-electron chi connectivity index (χ4n) is 1.95. The molecule has 0 radical (unpaired) electrons. The number of nitrogens with one attached hydrogen (secondary N) is 2. The molecule has 0 aliphatic rings. The first kappa shape index (κ1) is 16.6. The third-order valence-corrected chi connectivity index (χ3v) is 5.38. The SMILES string of the molecule is CC[C@](C)(NC(=O)Nc1cccc([S@@](C)=O)c1)c1nccs1. The van der Waals surface area contributed by atoms with Gasteiger partial charge in [0.2, 0.25) is 0 Å². The minimum Gasteiger partial charge on any atom is -0.326 e. The molecule has 0 aliphatic heterocycles. The van der Waals surface area contributed by atoms with E-state index in [9.17, 15) is 9.00 Å². The summed E-state index contributed by atoms with van der Waals surface area (Å²) in [5, 5.41) is 8.51. The highest BCUT2D eigenvalue weighted by Crippen LogP contribution is 2.26. The lowest BCUT2D eigenvalue weighted by Gasteiger charge is -2.27. The van der Waals surface area contributed by atoms with E-state index in [1.807, 2.05) is 19.2 Å². The van der Waals surface area contributed by atoms with Gasteiger partial charge in [-0.05, 0) is 31.5 Å². The Morgan fingerprint density at radius 3 is 2.82 bits per heavy atom. The van der Waals surface area contributed by atoms with Crippen molar-refractivity contribution in [2.45, 2.75) is 30.7 Å². The van der Waals surface area contributed by atoms with Gasteiger partial charge in [-0.1, -0.05) is 13.0 Å². The van der Waals surface area contributed by atoms with Crippen molar-refractivity contribution in [3.05, 3.63) is 40.8 Å². The number of urea groups is 1. The number of carbonyl (C=O) groups is 1. The van der Waals surface area contributed by atoms with E-state index in [-0.39, 0.29) is 6.03 Å². The molecule has 1 aromatic heterocycles. The van der Waals surface area contributed by atoms with Gasteiger partial charge in [0.25, 0.3) is 0 Å². The van der Waals surface area contributed by atoms with Gasteiger partial charge in [0.05, 0.1) is 5.54 Å². The molecule has 2 atom stereocenters. The van der Waals surface area contributed by atoms with Crippen molar-refractivity contribution in [2.75, 3.05) is 11.6 Å². The molecule has 0 spiro atoms. The number of hydrogen-bond acceptors (Lipinski definition) is 4. The molecule has 5 nitrogen and oxygen atoms in total. The highest BCUT2D eigenvalue weighted by atomic mass is 32.2. The fraction of sp³-hybridized carbons (Fsp3) is 0.333. The molecule has 118 valence electrons. The number of carbonyl (C=O) groups excluding carboxylic acids is 1. The van der Waals surface area contributed by atoms with Crippen LogP contribution in [-0.4, -0.2) is 21.5 Å². The molecule has 2 N–H and O–H groups in total. The van der Waals surface area contributed by atoms with Crippen LogP contribution in [0.3, 0.4) is 0 Å². The van der Waals surface area contributed by atoms with E-state index in [2.05, 4.69) is 15.6 Å². The highest BCUT2D eigenvalue weighted by molar-refractivity contribution is 7.84. The van der Waals surface area contributed by atoms with E-state index < -0.39 is 16.3 Å². The number of hydrogen-bond donors (Lipinski definition) is 2. The van der Waals surface area contributed by atoms with Gasteiger partial charge < -0.3 is 10.6 Å². The summed E-state index contributed by atoms with van der Waals surface area (Å²) in [6, 6.07) is 6.71. The second-order valence-electron chi connectivity index (χ2n) is 5.08. The third kappa shape index (κ3) is 3.92. The van der Waals surface area contributed by atoms with E-state index in [1.165, 1.54) is 11.3 Å². The average Bonchev–Trinajstić information content (AvgIpc) is 3.02. The number of rotatable bonds is 5. The van der Waals surface area contributed by atoms with Crippen LogP contribution >= 0.6 is 11.3 Å². The maximum absolute atomic E-state index is 12.2. The summed E-state index contributed by atoms with van der Waals surface area (Å²) in [7, 11) is -1.08. The molecule has 2 rings (SSSR count). The van der Waals surface area contributed by atoms with Gasteiger partial charge in [0, 0.05) is 39.2 Å². The van der Waals surface area contributed by atoms with Gasteiger partial charge in [-0.25, -0.2) is 9.78 Å². The van der Waals surface area contributed by atoms with E-state index in [0.29, 0.717) is 10.6 Å². The first-order valence-corrected chi connectivity index (χ1v) is 9.31. The minimum absolute atomic E-state index is 0.307. The third-order valence-electron chi connectivity index (χ3n) is 3.42. The smallest absolute Gasteiger partial charge is 0.320 e. The van der Waals surface area contributed by atoms with Gasteiger partial charge in [0.15, 0.2) is 0 Å². The summed E-state index contributed by atoms with van der Waals surface area (Å²) in [6.07, 6.45) is 4.07. The van der Waals surface area contributed by atoms with Crippen LogP contribution in [0.15, 0.2) is 40.7 Å². The summed E-state index contributed by atoms with van der Waals surface area (Å²) in [5.74, 6) is 0. The van der Waals surface area contributed by atoms with Gasteiger partial charge >= 0.3 is 6.03 Å². The van der Waals surface area contributed by atoms with Crippen LogP contribution in [-0.2, 0) is 16.3 Å². The Hall–Kier alpha value is -1.73. The molecule has 0 unspecified atom stereocenters. The highest BCUT2D eigenvalue weighted by Gasteiger charge is 2.29. The van der Waals surface area contributed by atoms with Gasteiger partial charge in [-0.2, -0.15) is 0 Å². The number of nitrogens with zero attached hydrogens (tertiary/aromatic N) is 1. The Bertz CT molecular complexity index is 673. The van der Waals surface area contributed by atoms with Crippen molar-refractivity contribution in [1.29, 1.82) is 0 Å². The molecular weight excluding hydrogens is 318 g/mol. The lowest BCUT2D eigenvalue weighted by Crippen LogP contribution is -2.45. The monoisotopic (exact) mass is 337 g/mol. The van der Waals surface area contributed by atoms with Gasteiger partial charge in [0.1, 0.15) is 5.01 Å². The molecule has 0 fully saturated rings. The Balaban J connectivity index is 2.09. The van der Waals surface area contributed by atoms with Crippen LogP contribution in [0.1, 0.15) is 25.3 Å². The fourth-order valence-corrected chi connectivity index (χ4v) is 3.35. The lowest BCUT2D eigenvalue weighted by atomic mass is 10.0. The first-order chi connectivity index (χ1) is 10.4. The molecule has 0 saturated heterocycles. The van der Waals surface area contributed by atoms with Crippen molar-refractivity contribution >= 4 is 33.9 Å². The molecule has 0 saturated carbocycles. The molecule has 0 bridgehead atoms. The average molecular weight is 337 g/mol. The van der Waals surface area contributed by atoms with Crippen LogP contribution < -0.4 is 10.6 Å². The molecule has 0 aliphatic carbocycles. The number of aromatic nitrogens is 1. The van der Waals surface area contributed by atoms with Crippen LogP contribution in [0.2, 0.25) is 0 Å².